The van der Waals surface area contributed by atoms with Crippen molar-refractivity contribution in [3.05, 3.63) is 42.3 Å². The first-order chi connectivity index (χ1) is 9.38. The van der Waals surface area contributed by atoms with Crippen LogP contribution >= 0.6 is 12.2 Å². The maximum absolute atomic E-state index is 5.90. The number of nitrogens with zero attached hydrogens (tertiary/aromatic N) is 1. The number of hydrogen-bond donors (Lipinski definition) is 1. The summed E-state index contributed by atoms with van der Waals surface area (Å²) >= 11 is 5.39. The second-order valence-corrected chi connectivity index (χ2v) is 6.28. The second-order valence-electron chi connectivity index (χ2n) is 5.84. The Hall–Kier alpha value is -1.55. The van der Waals surface area contributed by atoms with Crippen molar-refractivity contribution in [2.75, 3.05) is 12.4 Å². The molecule has 1 fully saturated rings. The van der Waals surface area contributed by atoms with Crippen molar-refractivity contribution in [2.45, 2.75) is 38.8 Å². The Kier molecular flexibility index (Phi) is 4.33. The van der Waals surface area contributed by atoms with Crippen LogP contribution in [0.2, 0.25) is 0 Å². The van der Waals surface area contributed by atoms with Gasteiger partial charge in [0, 0.05) is 30.8 Å². The van der Waals surface area contributed by atoms with Crippen LogP contribution in [0.4, 0.5) is 5.69 Å². The summed E-state index contributed by atoms with van der Waals surface area (Å²) in [5.74, 6) is 0.821. The van der Waals surface area contributed by atoms with Gasteiger partial charge in [0.05, 0.1) is 6.10 Å². The lowest BCUT2D eigenvalue weighted by Crippen LogP contribution is -2.48. The molecule has 0 bridgehead atoms. The van der Waals surface area contributed by atoms with Crippen LogP contribution in [-0.4, -0.2) is 28.6 Å². The highest BCUT2D eigenvalue weighted by molar-refractivity contribution is 7.81. The Labute approximate surface area is 126 Å². The summed E-state index contributed by atoms with van der Waals surface area (Å²) in [7, 11) is 2.04. The molecule has 1 aliphatic heterocycles. The number of benzene rings is 1. The minimum atomic E-state index is 0.0753. The molecule has 0 spiro atoms. The van der Waals surface area contributed by atoms with E-state index in [1.807, 2.05) is 43.5 Å². The van der Waals surface area contributed by atoms with E-state index in [0.717, 1.165) is 18.0 Å². The molecule has 0 amide bonds. The van der Waals surface area contributed by atoms with Gasteiger partial charge < -0.3 is 15.0 Å². The number of hydrogen-bond acceptors (Lipinski definition) is 3. The van der Waals surface area contributed by atoms with Crippen molar-refractivity contribution in [1.82, 2.24) is 4.90 Å². The van der Waals surface area contributed by atoms with Crippen LogP contribution in [0.15, 0.2) is 42.3 Å². The van der Waals surface area contributed by atoms with E-state index in [0.29, 0.717) is 4.99 Å². The standard InChI is InChI=1S/C16H22N2OS/c1-12-11-16(2,3)18(4)15(19-12)10-14(20)17-13-8-6-5-7-9-13/h5-10,12H,11H2,1-4H3,(H,17,20)/b15-10-. The highest BCUT2D eigenvalue weighted by Crippen LogP contribution is 2.31. The fourth-order valence-corrected chi connectivity index (χ4v) is 2.63. The molecule has 1 heterocycles. The Morgan fingerprint density at radius 1 is 1.40 bits per heavy atom. The first-order valence-corrected chi connectivity index (χ1v) is 7.27. The van der Waals surface area contributed by atoms with Crippen LogP contribution in [0.25, 0.3) is 0 Å². The maximum atomic E-state index is 5.90. The van der Waals surface area contributed by atoms with E-state index in [1.54, 1.807) is 0 Å². The average Bonchev–Trinajstić information content (AvgIpc) is 2.36. The van der Waals surface area contributed by atoms with Gasteiger partial charge in [0.25, 0.3) is 0 Å². The molecule has 1 aromatic rings. The summed E-state index contributed by atoms with van der Waals surface area (Å²) < 4.78 is 5.90. The van der Waals surface area contributed by atoms with Crippen LogP contribution < -0.4 is 5.32 Å². The number of ether oxygens (including phenoxy) is 1. The topological polar surface area (TPSA) is 24.5 Å². The van der Waals surface area contributed by atoms with Gasteiger partial charge in [0.1, 0.15) is 4.99 Å². The van der Waals surface area contributed by atoms with E-state index >= 15 is 0 Å². The molecule has 4 heteroatoms. The number of nitrogens with one attached hydrogen (secondary N) is 1. The number of para-hydroxylation sites is 1. The van der Waals surface area contributed by atoms with Gasteiger partial charge in [-0.05, 0) is 32.9 Å². The van der Waals surface area contributed by atoms with Gasteiger partial charge in [-0.2, -0.15) is 0 Å². The van der Waals surface area contributed by atoms with Crippen molar-refractivity contribution in [2.24, 2.45) is 0 Å². The predicted molar refractivity (Wildman–Crippen MR) is 87.8 cm³/mol. The molecule has 1 aromatic carbocycles. The molecule has 0 aliphatic carbocycles. The molecule has 1 unspecified atom stereocenters. The van der Waals surface area contributed by atoms with E-state index < -0.39 is 0 Å². The van der Waals surface area contributed by atoms with Crippen molar-refractivity contribution >= 4 is 22.9 Å². The minimum absolute atomic E-state index is 0.0753. The summed E-state index contributed by atoms with van der Waals surface area (Å²) in [5, 5.41) is 3.20. The molecule has 1 saturated heterocycles. The van der Waals surface area contributed by atoms with Crippen molar-refractivity contribution < 1.29 is 4.74 Å². The zero-order valence-corrected chi connectivity index (χ0v) is 13.3. The molecule has 0 aromatic heterocycles. The molecule has 1 atom stereocenters. The molecular formula is C16H22N2OS. The molecule has 1 N–H and O–H groups in total. The van der Waals surface area contributed by atoms with E-state index in [4.69, 9.17) is 17.0 Å². The Balaban J connectivity index is 2.11. The van der Waals surface area contributed by atoms with E-state index in [9.17, 15) is 0 Å². The van der Waals surface area contributed by atoms with Gasteiger partial charge in [-0.3, -0.25) is 0 Å². The average molecular weight is 290 g/mol. The molecule has 20 heavy (non-hydrogen) atoms. The fourth-order valence-electron chi connectivity index (χ4n) is 2.41. The molecule has 2 rings (SSSR count). The van der Waals surface area contributed by atoms with Crippen LogP contribution in [0.5, 0.6) is 0 Å². The maximum Gasteiger partial charge on any atom is 0.192 e. The van der Waals surface area contributed by atoms with E-state index in [1.165, 1.54) is 0 Å². The van der Waals surface area contributed by atoms with Crippen LogP contribution in [0, 0.1) is 0 Å². The smallest absolute Gasteiger partial charge is 0.192 e. The fraction of sp³-hybridized carbons (Fsp3) is 0.438. The Bertz CT molecular complexity index is 510. The lowest BCUT2D eigenvalue weighted by atomic mass is 9.94. The zero-order chi connectivity index (χ0) is 14.8. The highest BCUT2D eigenvalue weighted by Gasteiger charge is 2.34. The third-order valence-corrected chi connectivity index (χ3v) is 3.86. The Morgan fingerprint density at radius 2 is 2.05 bits per heavy atom. The van der Waals surface area contributed by atoms with Gasteiger partial charge in [0.2, 0.25) is 0 Å². The van der Waals surface area contributed by atoms with Crippen molar-refractivity contribution in [1.29, 1.82) is 0 Å². The number of rotatable bonds is 2. The SMILES string of the molecule is CC1CC(C)(C)N(C)/C(=C/C(=S)Nc2ccccc2)O1. The second kappa shape index (κ2) is 5.83. The van der Waals surface area contributed by atoms with Gasteiger partial charge in [-0.1, -0.05) is 30.4 Å². The molecule has 0 saturated carbocycles. The van der Waals surface area contributed by atoms with E-state index in [2.05, 4.69) is 31.0 Å². The summed E-state index contributed by atoms with van der Waals surface area (Å²) in [6, 6.07) is 9.92. The van der Waals surface area contributed by atoms with Gasteiger partial charge in [-0.15, -0.1) is 0 Å². The minimum Gasteiger partial charge on any atom is -0.476 e. The first kappa shape index (κ1) is 14.9. The molecular weight excluding hydrogens is 268 g/mol. The molecule has 1 aliphatic rings. The predicted octanol–water partition coefficient (Wildman–Crippen LogP) is 3.79. The van der Waals surface area contributed by atoms with Gasteiger partial charge in [-0.25, -0.2) is 0 Å². The summed E-state index contributed by atoms with van der Waals surface area (Å²) in [5.41, 5.74) is 1.06. The highest BCUT2D eigenvalue weighted by atomic mass is 32.1. The van der Waals surface area contributed by atoms with Crippen molar-refractivity contribution in [3.63, 3.8) is 0 Å². The van der Waals surface area contributed by atoms with Crippen molar-refractivity contribution in [3.8, 4) is 0 Å². The van der Waals surface area contributed by atoms with Crippen LogP contribution in [0.3, 0.4) is 0 Å². The lowest BCUT2D eigenvalue weighted by molar-refractivity contribution is -0.0441. The summed E-state index contributed by atoms with van der Waals surface area (Å²) in [6.45, 7) is 6.53. The van der Waals surface area contributed by atoms with Gasteiger partial charge in [0.15, 0.2) is 5.88 Å². The normalized spacial score (nSPS) is 23.3. The number of anilines is 1. The van der Waals surface area contributed by atoms with E-state index in [-0.39, 0.29) is 11.6 Å². The monoisotopic (exact) mass is 290 g/mol. The quantitative estimate of drug-likeness (QED) is 0.661. The third-order valence-electron chi connectivity index (χ3n) is 3.64. The lowest BCUT2D eigenvalue weighted by Gasteiger charge is -2.45. The summed E-state index contributed by atoms with van der Waals surface area (Å²) in [4.78, 5) is 2.80. The Morgan fingerprint density at radius 3 is 2.70 bits per heavy atom. The number of thiocarbonyl (C=S) groups is 1. The third kappa shape index (κ3) is 3.51. The van der Waals surface area contributed by atoms with Crippen LogP contribution in [-0.2, 0) is 4.74 Å². The van der Waals surface area contributed by atoms with Crippen LogP contribution in [0.1, 0.15) is 27.2 Å². The van der Waals surface area contributed by atoms with Gasteiger partial charge >= 0.3 is 0 Å². The zero-order valence-electron chi connectivity index (χ0n) is 12.5. The summed E-state index contributed by atoms with van der Waals surface area (Å²) in [6.07, 6.45) is 3.09. The molecule has 0 radical (unpaired) electrons. The molecule has 108 valence electrons. The molecule has 3 nitrogen and oxygen atoms in total. The first-order valence-electron chi connectivity index (χ1n) is 6.87. The largest absolute Gasteiger partial charge is 0.476 e.